The minimum atomic E-state index is -0.474. The molecule has 0 bridgehead atoms. The standard InChI is InChI=1S/C18H13N3O3/c22-18(13-3-6-14(7-4-13)21(23)24)20-11-9-12-5-8-16-15(17(12)20)2-1-10-19-16/h1-8,10H,9,11H2. The zero-order valence-electron chi connectivity index (χ0n) is 12.7. The molecule has 3 aromatic rings. The van der Waals surface area contributed by atoms with Gasteiger partial charge in [-0.15, -0.1) is 0 Å². The molecule has 0 radical (unpaired) electrons. The molecule has 1 amide bonds. The van der Waals surface area contributed by atoms with Gasteiger partial charge in [0.2, 0.25) is 0 Å². The van der Waals surface area contributed by atoms with Crippen molar-refractivity contribution in [1.82, 2.24) is 4.98 Å². The minimum absolute atomic E-state index is 0.0250. The van der Waals surface area contributed by atoms with E-state index in [1.165, 1.54) is 24.3 Å². The van der Waals surface area contributed by atoms with Crippen molar-refractivity contribution in [3.8, 4) is 0 Å². The second kappa shape index (κ2) is 5.42. The Morgan fingerprint density at radius 2 is 1.92 bits per heavy atom. The van der Waals surface area contributed by atoms with Gasteiger partial charge in [0.25, 0.3) is 11.6 Å². The van der Waals surface area contributed by atoms with Crippen LogP contribution >= 0.6 is 0 Å². The first kappa shape index (κ1) is 14.3. The highest BCUT2D eigenvalue weighted by molar-refractivity contribution is 6.12. The van der Waals surface area contributed by atoms with Crippen LogP contribution in [0.15, 0.2) is 54.7 Å². The maximum Gasteiger partial charge on any atom is 0.269 e. The van der Waals surface area contributed by atoms with Gasteiger partial charge in [0.1, 0.15) is 0 Å². The van der Waals surface area contributed by atoms with Gasteiger partial charge >= 0.3 is 0 Å². The summed E-state index contributed by atoms with van der Waals surface area (Å²) in [4.78, 5) is 29.2. The molecule has 0 unspecified atom stereocenters. The molecule has 24 heavy (non-hydrogen) atoms. The molecule has 6 heteroatoms. The van der Waals surface area contributed by atoms with E-state index in [9.17, 15) is 14.9 Å². The zero-order chi connectivity index (χ0) is 16.7. The first-order chi connectivity index (χ1) is 11.6. The number of pyridine rings is 1. The van der Waals surface area contributed by atoms with E-state index in [-0.39, 0.29) is 11.6 Å². The highest BCUT2D eigenvalue weighted by Crippen LogP contribution is 2.35. The van der Waals surface area contributed by atoms with Crippen LogP contribution in [-0.2, 0) is 6.42 Å². The van der Waals surface area contributed by atoms with E-state index >= 15 is 0 Å². The molecule has 118 valence electrons. The van der Waals surface area contributed by atoms with Crippen molar-refractivity contribution in [3.63, 3.8) is 0 Å². The van der Waals surface area contributed by atoms with Gasteiger partial charge in [0, 0.05) is 35.8 Å². The van der Waals surface area contributed by atoms with Crippen molar-refractivity contribution in [2.24, 2.45) is 0 Å². The number of nitrogens with zero attached hydrogens (tertiary/aromatic N) is 3. The number of nitro groups is 1. The predicted molar refractivity (Wildman–Crippen MR) is 90.2 cm³/mol. The number of carbonyl (C=O) groups is 1. The first-order valence-corrected chi connectivity index (χ1v) is 7.58. The highest BCUT2D eigenvalue weighted by atomic mass is 16.6. The van der Waals surface area contributed by atoms with E-state index < -0.39 is 4.92 Å². The molecule has 1 aromatic heterocycles. The number of nitro benzene ring substituents is 1. The molecular weight excluding hydrogens is 306 g/mol. The molecule has 0 saturated heterocycles. The third-order valence-electron chi connectivity index (χ3n) is 4.29. The van der Waals surface area contributed by atoms with Crippen LogP contribution in [0.5, 0.6) is 0 Å². The van der Waals surface area contributed by atoms with Crippen molar-refractivity contribution in [2.75, 3.05) is 11.4 Å². The lowest BCUT2D eigenvalue weighted by Gasteiger charge is -2.19. The van der Waals surface area contributed by atoms with Crippen molar-refractivity contribution in [1.29, 1.82) is 0 Å². The predicted octanol–water partition coefficient (Wildman–Crippen LogP) is 3.35. The van der Waals surface area contributed by atoms with Crippen LogP contribution < -0.4 is 4.90 Å². The maximum atomic E-state index is 12.9. The Morgan fingerprint density at radius 1 is 1.12 bits per heavy atom. The van der Waals surface area contributed by atoms with E-state index in [1.807, 2.05) is 24.3 Å². The molecule has 2 heterocycles. The van der Waals surface area contributed by atoms with Gasteiger partial charge in [-0.25, -0.2) is 0 Å². The molecule has 2 aromatic carbocycles. The molecule has 0 fully saturated rings. The second-order valence-electron chi connectivity index (χ2n) is 5.65. The monoisotopic (exact) mass is 319 g/mol. The Morgan fingerprint density at radius 3 is 2.67 bits per heavy atom. The second-order valence-corrected chi connectivity index (χ2v) is 5.65. The lowest BCUT2D eigenvalue weighted by molar-refractivity contribution is -0.384. The normalized spacial score (nSPS) is 13.1. The lowest BCUT2D eigenvalue weighted by atomic mass is 10.1. The van der Waals surface area contributed by atoms with E-state index in [1.54, 1.807) is 11.1 Å². The fourth-order valence-corrected chi connectivity index (χ4v) is 3.13. The summed E-state index contributed by atoms with van der Waals surface area (Å²) in [6.45, 7) is 0.596. The minimum Gasteiger partial charge on any atom is -0.307 e. The number of rotatable bonds is 2. The summed E-state index contributed by atoms with van der Waals surface area (Å²) < 4.78 is 0. The van der Waals surface area contributed by atoms with Gasteiger partial charge < -0.3 is 4.90 Å². The molecule has 0 aliphatic carbocycles. The molecular formula is C18H13N3O3. The fourth-order valence-electron chi connectivity index (χ4n) is 3.13. The molecule has 0 spiro atoms. The van der Waals surface area contributed by atoms with Crippen molar-refractivity contribution in [3.05, 3.63) is 76.0 Å². The summed E-state index contributed by atoms with van der Waals surface area (Å²) in [7, 11) is 0. The van der Waals surface area contributed by atoms with Crippen molar-refractivity contribution >= 4 is 28.2 Å². The third kappa shape index (κ3) is 2.20. The third-order valence-corrected chi connectivity index (χ3v) is 4.29. The topological polar surface area (TPSA) is 76.3 Å². The van der Waals surface area contributed by atoms with Crippen molar-refractivity contribution in [2.45, 2.75) is 6.42 Å². The Kier molecular flexibility index (Phi) is 3.23. The van der Waals surface area contributed by atoms with Gasteiger partial charge in [-0.05, 0) is 42.3 Å². The summed E-state index contributed by atoms with van der Waals surface area (Å²) in [5, 5.41) is 11.7. The van der Waals surface area contributed by atoms with E-state index in [4.69, 9.17) is 0 Å². The fraction of sp³-hybridized carbons (Fsp3) is 0.111. The number of carbonyl (C=O) groups excluding carboxylic acids is 1. The number of benzene rings is 2. The Labute approximate surface area is 137 Å². The molecule has 1 aliphatic rings. The van der Waals surface area contributed by atoms with Gasteiger partial charge in [-0.2, -0.15) is 0 Å². The van der Waals surface area contributed by atoms with E-state index in [0.717, 1.165) is 28.6 Å². The Balaban J connectivity index is 1.76. The van der Waals surface area contributed by atoms with Crippen LogP contribution in [0.2, 0.25) is 0 Å². The summed E-state index contributed by atoms with van der Waals surface area (Å²) in [5.74, 6) is -0.153. The number of non-ortho nitro benzene ring substituents is 1. The van der Waals surface area contributed by atoms with E-state index in [2.05, 4.69) is 4.98 Å². The first-order valence-electron chi connectivity index (χ1n) is 7.58. The van der Waals surface area contributed by atoms with E-state index in [0.29, 0.717) is 12.1 Å². The molecule has 0 saturated carbocycles. The number of hydrogen-bond donors (Lipinski definition) is 0. The highest BCUT2D eigenvalue weighted by Gasteiger charge is 2.27. The average molecular weight is 319 g/mol. The van der Waals surface area contributed by atoms with Crippen LogP contribution in [0.4, 0.5) is 11.4 Å². The lowest BCUT2D eigenvalue weighted by Crippen LogP contribution is -2.29. The number of amides is 1. The summed E-state index contributed by atoms with van der Waals surface area (Å²) in [6, 6.07) is 13.5. The Hall–Kier alpha value is -3.28. The average Bonchev–Trinajstić information content (AvgIpc) is 3.05. The molecule has 4 rings (SSSR count). The molecule has 1 aliphatic heterocycles. The van der Waals surface area contributed by atoms with Crippen molar-refractivity contribution < 1.29 is 9.72 Å². The van der Waals surface area contributed by atoms with Gasteiger partial charge in [0.05, 0.1) is 16.1 Å². The number of anilines is 1. The van der Waals surface area contributed by atoms with Crippen LogP contribution in [-0.4, -0.2) is 22.4 Å². The van der Waals surface area contributed by atoms with Crippen LogP contribution in [0, 0.1) is 10.1 Å². The summed E-state index contributed by atoms with van der Waals surface area (Å²) in [6.07, 6.45) is 2.52. The Bertz CT molecular complexity index is 967. The largest absolute Gasteiger partial charge is 0.307 e. The van der Waals surface area contributed by atoms with Gasteiger partial charge in [-0.3, -0.25) is 19.9 Å². The number of fused-ring (bicyclic) bond motifs is 3. The molecule has 0 N–H and O–H groups in total. The smallest absolute Gasteiger partial charge is 0.269 e. The van der Waals surface area contributed by atoms with Crippen LogP contribution in [0.1, 0.15) is 15.9 Å². The van der Waals surface area contributed by atoms with Gasteiger partial charge in [0.15, 0.2) is 0 Å². The molecule has 0 atom stereocenters. The van der Waals surface area contributed by atoms with Crippen LogP contribution in [0.3, 0.4) is 0 Å². The number of aromatic nitrogens is 1. The number of hydrogen-bond acceptors (Lipinski definition) is 4. The SMILES string of the molecule is O=C(c1ccc([N+](=O)[O-])cc1)N1CCc2ccc3ncccc3c21. The molecule has 6 nitrogen and oxygen atoms in total. The quantitative estimate of drug-likeness (QED) is 0.536. The summed E-state index contributed by atoms with van der Waals surface area (Å²) in [5.41, 5.74) is 3.27. The van der Waals surface area contributed by atoms with Crippen LogP contribution in [0.25, 0.3) is 10.9 Å². The maximum absolute atomic E-state index is 12.9. The summed E-state index contributed by atoms with van der Waals surface area (Å²) >= 11 is 0. The van der Waals surface area contributed by atoms with Gasteiger partial charge in [-0.1, -0.05) is 6.07 Å². The zero-order valence-corrected chi connectivity index (χ0v) is 12.7.